The maximum atomic E-state index is 12.1. The lowest BCUT2D eigenvalue weighted by Gasteiger charge is -2.14. The number of rotatable bonds is 3. The number of aliphatic carboxylic acids is 1. The summed E-state index contributed by atoms with van der Waals surface area (Å²) in [5.41, 5.74) is 0. The van der Waals surface area contributed by atoms with E-state index >= 15 is 0 Å². The van der Waals surface area contributed by atoms with E-state index in [2.05, 4.69) is 15.9 Å². The van der Waals surface area contributed by atoms with Crippen LogP contribution in [0, 0.1) is 5.92 Å². The second kappa shape index (κ2) is 4.68. The molecule has 1 aromatic rings. The van der Waals surface area contributed by atoms with Crippen molar-refractivity contribution in [3.05, 3.63) is 15.9 Å². The van der Waals surface area contributed by atoms with Gasteiger partial charge in [-0.3, -0.25) is 4.79 Å². The molecular formula is C9H10BrNO4S2. The standard InChI is InChI=1S/C9H10BrNO4S2/c10-7-1-2-8(16-7)17(14,15)11-4-3-6(5-11)9(12)13/h1-2,6H,3-5H2,(H,12,13). The normalized spacial score (nSPS) is 21.8. The first kappa shape index (κ1) is 13.0. The largest absolute Gasteiger partial charge is 0.481 e. The summed E-state index contributed by atoms with van der Waals surface area (Å²) in [5, 5.41) is 8.85. The lowest BCUT2D eigenvalue weighted by molar-refractivity contribution is -0.141. The summed E-state index contributed by atoms with van der Waals surface area (Å²) in [6.45, 7) is 0.335. The number of sulfonamides is 1. The van der Waals surface area contributed by atoms with Crippen LogP contribution in [0.25, 0.3) is 0 Å². The molecule has 1 atom stereocenters. The molecule has 5 nitrogen and oxygen atoms in total. The summed E-state index contributed by atoms with van der Waals surface area (Å²) in [6.07, 6.45) is 0.376. The number of nitrogens with zero attached hydrogens (tertiary/aromatic N) is 1. The molecule has 0 aliphatic carbocycles. The smallest absolute Gasteiger partial charge is 0.307 e. The minimum atomic E-state index is -3.53. The van der Waals surface area contributed by atoms with Gasteiger partial charge in [-0.2, -0.15) is 4.31 Å². The fraction of sp³-hybridized carbons (Fsp3) is 0.444. The van der Waals surface area contributed by atoms with Crippen LogP contribution in [-0.2, 0) is 14.8 Å². The molecule has 1 aliphatic heterocycles. The van der Waals surface area contributed by atoms with Gasteiger partial charge >= 0.3 is 5.97 Å². The summed E-state index contributed by atoms with van der Waals surface area (Å²) >= 11 is 4.34. The highest BCUT2D eigenvalue weighted by Gasteiger charge is 2.36. The Morgan fingerprint density at radius 3 is 2.71 bits per heavy atom. The second-order valence-corrected chi connectivity index (χ2v) is 8.37. The van der Waals surface area contributed by atoms with E-state index in [4.69, 9.17) is 5.11 Å². The Hall–Kier alpha value is -0.440. The van der Waals surface area contributed by atoms with Crippen molar-refractivity contribution in [2.75, 3.05) is 13.1 Å². The lowest BCUT2D eigenvalue weighted by Crippen LogP contribution is -2.29. The van der Waals surface area contributed by atoms with Gasteiger partial charge in [0.25, 0.3) is 10.0 Å². The zero-order chi connectivity index (χ0) is 12.6. The topological polar surface area (TPSA) is 74.7 Å². The number of hydrogen-bond acceptors (Lipinski definition) is 4. The minimum absolute atomic E-state index is 0.0627. The third-order valence-corrected chi connectivity index (χ3v) is 6.60. The van der Waals surface area contributed by atoms with E-state index in [1.807, 2.05) is 0 Å². The van der Waals surface area contributed by atoms with Crippen molar-refractivity contribution in [1.29, 1.82) is 0 Å². The summed E-state index contributed by atoms with van der Waals surface area (Å²) in [7, 11) is -3.53. The van der Waals surface area contributed by atoms with Crippen LogP contribution in [0.5, 0.6) is 0 Å². The van der Waals surface area contributed by atoms with Crippen LogP contribution in [0.4, 0.5) is 0 Å². The highest BCUT2D eigenvalue weighted by Crippen LogP contribution is 2.31. The van der Waals surface area contributed by atoms with Gasteiger partial charge in [0.1, 0.15) is 4.21 Å². The van der Waals surface area contributed by atoms with Crippen molar-refractivity contribution >= 4 is 43.3 Å². The van der Waals surface area contributed by atoms with Gasteiger partial charge in [-0.1, -0.05) is 0 Å². The van der Waals surface area contributed by atoms with Crippen LogP contribution in [0.2, 0.25) is 0 Å². The maximum absolute atomic E-state index is 12.1. The molecule has 2 heterocycles. The second-order valence-electron chi connectivity index (χ2n) is 3.75. The third kappa shape index (κ3) is 2.54. The van der Waals surface area contributed by atoms with E-state index in [1.54, 1.807) is 6.07 Å². The molecule has 1 aromatic heterocycles. The highest BCUT2D eigenvalue weighted by atomic mass is 79.9. The molecule has 1 saturated heterocycles. The van der Waals surface area contributed by atoms with E-state index in [0.717, 1.165) is 15.1 Å². The molecule has 17 heavy (non-hydrogen) atoms. The minimum Gasteiger partial charge on any atom is -0.481 e. The summed E-state index contributed by atoms with van der Waals surface area (Å²) in [5.74, 6) is -1.52. The Morgan fingerprint density at radius 2 is 2.24 bits per heavy atom. The molecule has 94 valence electrons. The van der Waals surface area contributed by atoms with E-state index in [-0.39, 0.29) is 17.3 Å². The molecule has 2 rings (SSSR count). The number of carboxylic acids is 1. The molecule has 0 radical (unpaired) electrons. The van der Waals surface area contributed by atoms with Crippen LogP contribution >= 0.6 is 27.3 Å². The summed E-state index contributed by atoms with van der Waals surface area (Å²) in [6, 6.07) is 3.19. The van der Waals surface area contributed by atoms with Gasteiger partial charge in [0.15, 0.2) is 0 Å². The average Bonchev–Trinajstić information content (AvgIpc) is 2.85. The molecule has 1 unspecified atom stereocenters. The van der Waals surface area contributed by atoms with Gasteiger partial charge in [0.05, 0.1) is 9.70 Å². The number of halogens is 1. The molecule has 0 spiro atoms. The van der Waals surface area contributed by atoms with Crippen molar-refractivity contribution in [3.8, 4) is 0 Å². The third-order valence-electron chi connectivity index (χ3n) is 2.64. The molecule has 1 fully saturated rings. The number of hydrogen-bond donors (Lipinski definition) is 1. The first-order valence-corrected chi connectivity index (χ1v) is 7.94. The Kier molecular flexibility index (Phi) is 3.58. The van der Waals surface area contributed by atoms with E-state index < -0.39 is 21.9 Å². The van der Waals surface area contributed by atoms with Crippen LogP contribution in [0.3, 0.4) is 0 Å². The molecule has 1 N–H and O–H groups in total. The Morgan fingerprint density at radius 1 is 1.53 bits per heavy atom. The van der Waals surface area contributed by atoms with Gasteiger partial charge in [0.2, 0.25) is 0 Å². The highest BCUT2D eigenvalue weighted by molar-refractivity contribution is 9.11. The van der Waals surface area contributed by atoms with Gasteiger partial charge < -0.3 is 5.11 Å². The summed E-state index contributed by atoms with van der Waals surface area (Å²) in [4.78, 5) is 10.8. The molecule has 0 bridgehead atoms. The van der Waals surface area contributed by atoms with Crippen LogP contribution in [0.15, 0.2) is 20.1 Å². The van der Waals surface area contributed by atoms with Crippen molar-refractivity contribution in [3.63, 3.8) is 0 Å². The van der Waals surface area contributed by atoms with Gasteiger partial charge in [0, 0.05) is 13.1 Å². The summed E-state index contributed by atoms with van der Waals surface area (Å²) < 4.78 is 26.5. The molecular weight excluding hydrogens is 330 g/mol. The monoisotopic (exact) mass is 339 g/mol. The zero-order valence-electron chi connectivity index (χ0n) is 8.67. The van der Waals surface area contributed by atoms with Gasteiger partial charge in [-0.05, 0) is 34.5 Å². The predicted molar refractivity (Wildman–Crippen MR) is 66.5 cm³/mol. The number of carboxylic acid groups (broad SMARTS) is 1. The zero-order valence-corrected chi connectivity index (χ0v) is 11.9. The molecule has 8 heteroatoms. The van der Waals surface area contributed by atoms with Crippen molar-refractivity contribution in [2.24, 2.45) is 5.92 Å². The van der Waals surface area contributed by atoms with Gasteiger partial charge in [-0.25, -0.2) is 8.42 Å². The SMILES string of the molecule is O=C(O)C1CCN(S(=O)(=O)c2ccc(Br)s2)C1. The number of thiophene rings is 1. The van der Waals surface area contributed by atoms with Crippen LogP contribution in [0.1, 0.15) is 6.42 Å². The van der Waals surface area contributed by atoms with E-state index in [9.17, 15) is 13.2 Å². The molecule has 1 aliphatic rings. The lowest BCUT2D eigenvalue weighted by atomic mass is 10.1. The van der Waals surface area contributed by atoms with E-state index in [1.165, 1.54) is 10.4 Å². The maximum Gasteiger partial charge on any atom is 0.307 e. The quantitative estimate of drug-likeness (QED) is 0.907. The van der Waals surface area contributed by atoms with Crippen LogP contribution in [-0.4, -0.2) is 36.9 Å². The fourth-order valence-corrected chi connectivity index (χ4v) is 5.38. The van der Waals surface area contributed by atoms with Crippen molar-refractivity contribution < 1.29 is 18.3 Å². The van der Waals surface area contributed by atoms with Crippen molar-refractivity contribution in [2.45, 2.75) is 10.6 Å². The molecule has 0 saturated carbocycles. The fourth-order valence-electron chi connectivity index (χ4n) is 1.71. The average molecular weight is 340 g/mol. The van der Waals surface area contributed by atoms with Crippen LogP contribution < -0.4 is 0 Å². The van der Waals surface area contributed by atoms with Crippen molar-refractivity contribution in [1.82, 2.24) is 4.31 Å². The van der Waals surface area contributed by atoms with E-state index in [0.29, 0.717) is 6.42 Å². The Labute approximate surface area is 111 Å². The van der Waals surface area contributed by atoms with Gasteiger partial charge in [-0.15, -0.1) is 11.3 Å². The first-order valence-electron chi connectivity index (χ1n) is 4.89. The Balaban J connectivity index is 2.21. The molecule has 0 aromatic carbocycles. The molecule has 0 amide bonds. The Bertz CT molecular complexity index is 539. The first-order chi connectivity index (χ1) is 7.91. The predicted octanol–water partition coefficient (Wildman–Crippen LogP) is 1.61. The number of carbonyl (C=O) groups is 1.